The van der Waals surface area contributed by atoms with Crippen LogP contribution in [0, 0.1) is 13.8 Å². The first-order valence-electron chi connectivity index (χ1n) is 15.3. The fourth-order valence-corrected chi connectivity index (χ4v) is 6.50. The van der Waals surface area contributed by atoms with Crippen LogP contribution in [0.15, 0.2) is 84.9 Å². The summed E-state index contributed by atoms with van der Waals surface area (Å²) in [5, 5.41) is 0. The molecule has 0 bridgehead atoms. The summed E-state index contributed by atoms with van der Waals surface area (Å²) in [6.45, 7) is 11.2. The van der Waals surface area contributed by atoms with Crippen molar-refractivity contribution < 1.29 is 0 Å². The molecule has 2 atom stereocenters. The zero-order chi connectivity index (χ0) is 28.6. The Balaban J connectivity index is 1.61. The highest BCUT2D eigenvalue weighted by Gasteiger charge is 2.19. The normalized spacial score (nSPS) is 13.6. The van der Waals surface area contributed by atoms with Crippen LogP contribution in [0.5, 0.6) is 0 Å². The van der Waals surface area contributed by atoms with Crippen molar-refractivity contribution in [3.8, 4) is 0 Å². The van der Waals surface area contributed by atoms with Crippen molar-refractivity contribution in [1.82, 2.24) is 0 Å². The molecular weight excluding hydrogens is 484 g/mol. The van der Waals surface area contributed by atoms with E-state index in [9.17, 15) is 0 Å². The number of hydrogen-bond donors (Lipinski definition) is 2. The molecule has 0 radical (unpaired) electrons. The van der Waals surface area contributed by atoms with Crippen LogP contribution in [0.2, 0.25) is 0 Å². The molecule has 40 heavy (non-hydrogen) atoms. The number of nitrogen functional groups attached to an aromatic ring is 2. The first-order valence-corrected chi connectivity index (χ1v) is 15.3. The van der Waals surface area contributed by atoms with Gasteiger partial charge in [0.15, 0.2) is 0 Å². The summed E-state index contributed by atoms with van der Waals surface area (Å²) in [5.41, 5.74) is 24.6. The van der Waals surface area contributed by atoms with Crippen molar-refractivity contribution in [2.24, 2.45) is 0 Å². The maximum absolute atomic E-state index is 6.04. The van der Waals surface area contributed by atoms with Gasteiger partial charge in [-0.3, -0.25) is 0 Å². The molecule has 0 heterocycles. The molecule has 0 aliphatic carbocycles. The molecule has 0 fully saturated rings. The Hall–Kier alpha value is -3.52. The lowest BCUT2D eigenvalue weighted by Crippen LogP contribution is -2.06. The van der Waals surface area contributed by atoms with Crippen LogP contribution >= 0.6 is 0 Å². The predicted octanol–water partition coefficient (Wildman–Crippen LogP) is 10.3. The van der Waals surface area contributed by atoms with Gasteiger partial charge in [-0.1, -0.05) is 101 Å². The van der Waals surface area contributed by atoms with E-state index in [0.29, 0.717) is 17.8 Å². The van der Waals surface area contributed by atoms with Crippen LogP contribution in [-0.4, -0.2) is 0 Å². The van der Waals surface area contributed by atoms with E-state index in [1.165, 1.54) is 70.2 Å². The van der Waals surface area contributed by atoms with E-state index >= 15 is 0 Å². The van der Waals surface area contributed by atoms with E-state index in [1.807, 2.05) is 12.1 Å². The SMILES string of the molecule is CCCCCC(c1ccc(C(CC)c2ccc(N)cc2C)cc1)c1ccc(C(CC)c2ccc(N)cc2C)cc1. The fraction of sp³-hybridized carbons (Fsp3) is 0.368. The molecule has 4 N–H and O–H groups in total. The monoisotopic (exact) mass is 532 g/mol. The van der Waals surface area contributed by atoms with E-state index in [-0.39, 0.29) is 0 Å². The van der Waals surface area contributed by atoms with E-state index < -0.39 is 0 Å². The van der Waals surface area contributed by atoms with Crippen molar-refractivity contribution in [3.05, 3.63) is 129 Å². The summed E-state index contributed by atoms with van der Waals surface area (Å²) < 4.78 is 0. The molecule has 0 aliphatic rings. The number of rotatable bonds is 12. The Bertz CT molecular complexity index is 1270. The molecule has 0 aromatic heterocycles. The Kier molecular flexibility index (Phi) is 10.1. The molecule has 4 aromatic rings. The Morgan fingerprint density at radius 1 is 0.500 bits per heavy atom. The maximum atomic E-state index is 6.04. The molecule has 2 heteroatoms. The van der Waals surface area contributed by atoms with Crippen LogP contribution in [-0.2, 0) is 0 Å². The third kappa shape index (κ3) is 6.78. The summed E-state index contributed by atoms with van der Waals surface area (Å²) in [4.78, 5) is 0. The van der Waals surface area contributed by atoms with Gasteiger partial charge in [0.1, 0.15) is 0 Å². The van der Waals surface area contributed by atoms with Crippen LogP contribution in [0.1, 0.15) is 122 Å². The highest BCUT2D eigenvalue weighted by atomic mass is 14.5. The Morgan fingerprint density at radius 3 is 1.20 bits per heavy atom. The van der Waals surface area contributed by atoms with E-state index in [1.54, 1.807) is 0 Å². The molecule has 0 aliphatic heterocycles. The topological polar surface area (TPSA) is 52.0 Å². The van der Waals surface area contributed by atoms with E-state index in [0.717, 1.165) is 24.2 Å². The van der Waals surface area contributed by atoms with Crippen LogP contribution in [0.3, 0.4) is 0 Å². The second-order valence-electron chi connectivity index (χ2n) is 11.5. The molecule has 0 saturated heterocycles. The van der Waals surface area contributed by atoms with Gasteiger partial charge < -0.3 is 11.5 Å². The van der Waals surface area contributed by atoms with E-state index in [4.69, 9.17) is 11.5 Å². The lowest BCUT2D eigenvalue weighted by atomic mass is 9.82. The summed E-state index contributed by atoms with van der Waals surface area (Å²) in [6, 6.07) is 31.6. The minimum absolute atomic E-state index is 0.384. The molecule has 4 aromatic carbocycles. The van der Waals surface area contributed by atoms with Gasteiger partial charge in [0.05, 0.1) is 0 Å². The molecule has 4 rings (SSSR count). The minimum Gasteiger partial charge on any atom is -0.399 e. The first kappa shape index (κ1) is 29.5. The molecule has 2 unspecified atom stereocenters. The number of aryl methyl sites for hydroxylation is 2. The van der Waals surface area contributed by atoms with Crippen molar-refractivity contribution >= 4 is 11.4 Å². The van der Waals surface area contributed by atoms with Crippen LogP contribution in [0.4, 0.5) is 11.4 Å². The average Bonchev–Trinajstić information content (AvgIpc) is 2.95. The number of nitrogens with two attached hydrogens (primary N) is 2. The highest BCUT2D eigenvalue weighted by Crippen LogP contribution is 2.36. The summed E-state index contributed by atoms with van der Waals surface area (Å²) in [5.74, 6) is 1.18. The van der Waals surface area contributed by atoms with Gasteiger partial charge in [-0.15, -0.1) is 0 Å². The fourth-order valence-electron chi connectivity index (χ4n) is 6.50. The lowest BCUT2D eigenvalue weighted by molar-refractivity contribution is 0.618. The molecule has 0 saturated carbocycles. The smallest absolute Gasteiger partial charge is 0.0316 e. The standard InChI is InChI=1S/C38H48N2/c1-6-9-10-11-38(30-16-12-28(13-17-30)34(7-2)36-22-20-32(39)24-26(36)4)31-18-14-29(15-19-31)35(8-3)37-23-21-33(40)25-27(37)5/h12-25,34-35,38H,6-11,39-40H2,1-5H3. The second kappa shape index (κ2) is 13.7. The summed E-state index contributed by atoms with van der Waals surface area (Å²) in [6.07, 6.45) is 7.07. The van der Waals surface area contributed by atoms with Crippen LogP contribution < -0.4 is 11.5 Å². The quantitative estimate of drug-likeness (QED) is 0.141. The van der Waals surface area contributed by atoms with Crippen molar-refractivity contribution in [3.63, 3.8) is 0 Å². The summed E-state index contributed by atoms with van der Waals surface area (Å²) >= 11 is 0. The number of benzene rings is 4. The second-order valence-corrected chi connectivity index (χ2v) is 11.5. The highest BCUT2D eigenvalue weighted by molar-refractivity contribution is 5.49. The molecule has 2 nitrogen and oxygen atoms in total. The van der Waals surface area contributed by atoms with Crippen molar-refractivity contribution in [2.45, 2.75) is 90.9 Å². The number of hydrogen-bond acceptors (Lipinski definition) is 2. The van der Waals surface area contributed by atoms with Gasteiger partial charge >= 0.3 is 0 Å². The Morgan fingerprint density at radius 2 is 0.875 bits per heavy atom. The molecular formula is C38H48N2. The third-order valence-electron chi connectivity index (χ3n) is 8.73. The average molecular weight is 533 g/mol. The Labute approximate surface area is 242 Å². The van der Waals surface area contributed by atoms with Gasteiger partial charge in [0, 0.05) is 29.1 Å². The molecule has 0 amide bonds. The largest absolute Gasteiger partial charge is 0.399 e. The third-order valence-corrected chi connectivity index (χ3v) is 8.73. The zero-order valence-electron chi connectivity index (χ0n) is 25.2. The zero-order valence-corrected chi connectivity index (χ0v) is 25.2. The summed E-state index contributed by atoms with van der Waals surface area (Å²) in [7, 11) is 0. The molecule has 0 spiro atoms. The maximum Gasteiger partial charge on any atom is 0.0316 e. The predicted molar refractivity (Wildman–Crippen MR) is 174 cm³/mol. The first-order chi connectivity index (χ1) is 19.4. The molecule has 210 valence electrons. The van der Waals surface area contributed by atoms with Gasteiger partial charge in [0.2, 0.25) is 0 Å². The van der Waals surface area contributed by atoms with Crippen molar-refractivity contribution in [1.29, 1.82) is 0 Å². The lowest BCUT2D eigenvalue weighted by Gasteiger charge is -2.23. The van der Waals surface area contributed by atoms with Crippen molar-refractivity contribution in [2.75, 3.05) is 11.5 Å². The number of unbranched alkanes of at least 4 members (excludes halogenated alkanes) is 2. The van der Waals surface area contributed by atoms with Gasteiger partial charge in [-0.2, -0.15) is 0 Å². The van der Waals surface area contributed by atoms with E-state index in [2.05, 4.69) is 107 Å². The number of anilines is 2. The van der Waals surface area contributed by atoms with Gasteiger partial charge in [-0.05, 0) is 102 Å². The van der Waals surface area contributed by atoms with Gasteiger partial charge in [0.25, 0.3) is 0 Å². The van der Waals surface area contributed by atoms with Crippen LogP contribution in [0.25, 0.3) is 0 Å². The van der Waals surface area contributed by atoms with Gasteiger partial charge in [-0.25, -0.2) is 0 Å². The minimum atomic E-state index is 0.384.